The van der Waals surface area contributed by atoms with E-state index in [9.17, 15) is 4.79 Å². The van der Waals surface area contributed by atoms with Crippen LogP contribution in [0.5, 0.6) is 0 Å². The van der Waals surface area contributed by atoms with Gasteiger partial charge in [0.05, 0.1) is 11.4 Å². The molecule has 0 bridgehead atoms. The second-order valence-corrected chi connectivity index (χ2v) is 3.82. The van der Waals surface area contributed by atoms with Gasteiger partial charge in [-0.2, -0.15) is 5.10 Å². The van der Waals surface area contributed by atoms with Crippen molar-refractivity contribution in [2.45, 2.75) is 20.3 Å². The normalized spacial score (nSPS) is 12.4. The Bertz CT molecular complexity index is 362. The fourth-order valence-electron chi connectivity index (χ4n) is 1.24. The smallest absolute Gasteiger partial charge is 0.273 e. The van der Waals surface area contributed by atoms with Crippen LogP contribution in [-0.2, 0) is 6.42 Å². The van der Waals surface area contributed by atoms with E-state index >= 15 is 0 Å². The Kier molecular flexibility index (Phi) is 4.30. The summed E-state index contributed by atoms with van der Waals surface area (Å²) in [5.74, 6) is -0.288. The lowest BCUT2D eigenvalue weighted by molar-refractivity contribution is 0.0938. The highest BCUT2D eigenvalue weighted by Crippen LogP contribution is 2.13. The highest BCUT2D eigenvalue weighted by atomic mass is 16.3. The monoisotopic (exact) mass is 226 g/mol. The van der Waals surface area contributed by atoms with Crippen LogP contribution in [0.4, 0.5) is 5.69 Å². The van der Waals surface area contributed by atoms with Crippen molar-refractivity contribution in [1.29, 1.82) is 0 Å². The highest BCUT2D eigenvalue weighted by Gasteiger charge is 2.16. The quantitative estimate of drug-likeness (QED) is 0.563. The van der Waals surface area contributed by atoms with Gasteiger partial charge < -0.3 is 16.2 Å². The summed E-state index contributed by atoms with van der Waals surface area (Å²) in [6.45, 7) is 4.21. The number of nitrogen functional groups attached to an aromatic ring is 1. The molecule has 1 unspecified atom stereocenters. The number of amides is 1. The molecule has 90 valence electrons. The van der Waals surface area contributed by atoms with Crippen molar-refractivity contribution in [2.24, 2.45) is 5.92 Å². The first kappa shape index (κ1) is 12.5. The molecule has 1 aromatic heterocycles. The number of hydrogen-bond donors (Lipinski definition) is 4. The Labute approximate surface area is 94.2 Å². The number of nitrogens with one attached hydrogen (secondary N) is 2. The zero-order chi connectivity index (χ0) is 12.1. The van der Waals surface area contributed by atoms with Crippen molar-refractivity contribution >= 4 is 11.6 Å². The van der Waals surface area contributed by atoms with E-state index in [0.717, 1.165) is 5.69 Å². The molecular formula is C10H18N4O2. The molecular weight excluding hydrogens is 208 g/mol. The van der Waals surface area contributed by atoms with Gasteiger partial charge in [-0.1, -0.05) is 13.8 Å². The highest BCUT2D eigenvalue weighted by molar-refractivity contribution is 5.97. The number of aromatic nitrogens is 2. The SMILES string of the molecule is CCc1[nH]nc(C(=O)NCC(C)CO)c1N. The maximum atomic E-state index is 11.7. The summed E-state index contributed by atoms with van der Waals surface area (Å²) in [5, 5.41) is 18.1. The van der Waals surface area contributed by atoms with Gasteiger partial charge in [0.15, 0.2) is 5.69 Å². The predicted molar refractivity (Wildman–Crippen MR) is 61.0 cm³/mol. The van der Waals surface area contributed by atoms with Gasteiger partial charge in [0, 0.05) is 13.2 Å². The van der Waals surface area contributed by atoms with Gasteiger partial charge in [-0.15, -0.1) is 0 Å². The van der Waals surface area contributed by atoms with Crippen LogP contribution in [0.2, 0.25) is 0 Å². The molecule has 0 radical (unpaired) electrons. The first-order valence-corrected chi connectivity index (χ1v) is 5.31. The Morgan fingerprint density at radius 3 is 2.88 bits per heavy atom. The Morgan fingerprint density at radius 2 is 2.38 bits per heavy atom. The summed E-state index contributed by atoms with van der Waals surface area (Å²) in [6.07, 6.45) is 0.707. The topological polar surface area (TPSA) is 104 Å². The maximum Gasteiger partial charge on any atom is 0.273 e. The van der Waals surface area contributed by atoms with E-state index in [4.69, 9.17) is 10.8 Å². The molecule has 6 nitrogen and oxygen atoms in total. The van der Waals surface area contributed by atoms with E-state index in [0.29, 0.717) is 18.7 Å². The summed E-state index contributed by atoms with van der Waals surface area (Å²) < 4.78 is 0. The summed E-state index contributed by atoms with van der Waals surface area (Å²) in [5.41, 5.74) is 7.14. The van der Waals surface area contributed by atoms with E-state index in [-0.39, 0.29) is 24.1 Å². The Balaban J connectivity index is 2.63. The van der Waals surface area contributed by atoms with Gasteiger partial charge in [-0.3, -0.25) is 9.89 Å². The molecule has 0 saturated heterocycles. The number of aliphatic hydroxyl groups excluding tert-OH is 1. The van der Waals surface area contributed by atoms with Crippen LogP contribution < -0.4 is 11.1 Å². The van der Waals surface area contributed by atoms with Crippen LogP contribution in [0.1, 0.15) is 30.0 Å². The summed E-state index contributed by atoms with van der Waals surface area (Å²) >= 11 is 0. The second kappa shape index (κ2) is 5.50. The van der Waals surface area contributed by atoms with Crippen molar-refractivity contribution < 1.29 is 9.90 Å². The van der Waals surface area contributed by atoms with Gasteiger partial charge in [0.25, 0.3) is 5.91 Å². The van der Waals surface area contributed by atoms with E-state index in [2.05, 4.69) is 15.5 Å². The van der Waals surface area contributed by atoms with E-state index in [1.165, 1.54) is 0 Å². The van der Waals surface area contributed by atoms with Crippen LogP contribution >= 0.6 is 0 Å². The maximum absolute atomic E-state index is 11.7. The Hall–Kier alpha value is -1.56. The zero-order valence-electron chi connectivity index (χ0n) is 9.58. The van der Waals surface area contributed by atoms with Crippen LogP contribution in [0.25, 0.3) is 0 Å². The van der Waals surface area contributed by atoms with Gasteiger partial charge in [0.1, 0.15) is 0 Å². The molecule has 0 aliphatic rings. The standard InChI is InChI=1S/C10H18N4O2/c1-3-7-8(11)9(14-13-7)10(16)12-4-6(2)5-15/h6,15H,3-5,11H2,1-2H3,(H,12,16)(H,13,14). The number of H-pyrrole nitrogens is 1. The number of hydrogen-bond acceptors (Lipinski definition) is 4. The van der Waals surface area contributed by atoms with Gasteiger partial charge in [-0.05, 0) is 12.3 Å². The fraction of sp³-hybridized carbons (Fsp3) is 0.600. The second-order valence-electron chi connectivity index (χ2n) is 3.82. The van der Waals surface area contributed by atoms with E-state index in [1.54, 1.807) is 0 Å². The minimum absolute atomic E-state index is 0.0229. The van der Waals surface area contributed by atoms with Crippen LogP contribution in [0, 0.1) is 5.92 Å². The lowest BCUT2D eigenvalue weighted by Gasteiger charge is -2.08. The molecule has 0 aliphatic carbocycles. The van der Waals surface area contributed by atoms with Crippen molar-refractivity contribution in [3.05, 3.63) is 11.4 Å². The lowest BCUT2D eigenvalue weighted by Crippen LogP contribution is -2.30. The summed E-state index contributed by atoms with van der Waals surface area (Å²) in [7, 11) is 0. The van der Waals surface area contributed by atoms with Crippen molar-refractivity contribution in [2.75, 3.05) is 18.9 Å². The molecule has 1 amide bonds. The molecule has 1 rings (SSSR count). The summed E-state index contributed by atoms with van der Waals surface area (Å²) in [6, 6.07) is 0. The molecule has 1 atom stereocenters. The number of carbonyl (C=O) groups excluding carboxylic acids is 1. The zero-order valence-corrected chi connectivity index (χ0v) is 9.58. The van der Waals surface area contributed by atoms with Crippen LogP contribution in [-0.4, -0.2) is 34.4 Å². The number of aliphatic hydroxyl groups is 1. The largest absolute Gasteiger partial charge is 0.396 e. The molecule has 1 aromatic rings. The minimum atomic E-state index is -0.311. The molecule has 0 aromatic carbocycles. The van der Waals surface area contributed by atoms with E-state index < -0.39 is 0 Å². The lowest BCUT2D eigenvalue weighted by atomic mass is 10.2. The number of aromatic amines is 1. The van der Waals surface area contributed by atoms with Crippen molar-refractivity contribution in [1.82, 2.24) is 15.5 Å². The van der Waals surface area contributed by atoms with Crippen LogP contribution in [0.3, 0.4) is 0 Å². The molecule has 16 heavy (non-hydrogen) atoms. The molecule has 1 heterocycles. The third-order valence-electron chi connectivity index (χ3n) is 2.37. The van der Waals surface area contributed by atoms with Crippen molar-refractivity contribution in [3.63, 3.8) is 0 Å². The first-order valence-electron chi connectivity index (χ1n) is 5.31. The Morgan fingerprint density at radius 1 is 1.69 bits per heavy atom. The fourth-order valence-corrected chi connectivity index (χ4v) is 1.24. The molecule has 0 fully saturated rings. The molecule has 6 heteroatoms. The molecule has 0 aliphatic heterocycles. The van der Waals surface area contributed by atoms with E-state index in [1.807, 2.05) is 13.8 Å². The number of rotatable bonds is 5. The summed E-state index contributed by atoms with van der Waals surface area (Å²) in [4.78, 5) is 11.7. The van der Waals surface area contributed by atoms with Crippen molar-refractivity contribution in [3.8, 4) is 0 Å². The molecule has 5 N–H and O–H groups in total. The van der Waals surface area contributed by atoms with Crippen LogP contribution in [0.15, 0.2) is 0 Å². The molecule has 0 saturated carbocycles. The van der Waals surface area contributed by atoms with Gasteiger partial charge in [-0.25, -0.2) is 0 Å². The van der Waals surface area contributed by atoms with Gasteiger partial charge in [0.2, 0.25) is 0 Å². The predicted octanol–water partition coefficient (Wildman–Crippen LogP) is -0.0875. The number of nitrogens with two attached hydrogens (primary N) is 1. The number of aryl methyl sites for hydroxylation is 1. The number of nitrogens with zero attached hydrogens (tertiary/aromatic N) is 1. The van der Waals surface area contributed by atoms with Gasteiger partial charge >= 0.3 is 0 Å². The molecule has 0 spiro atoms. The minimum Gasteiger partial charge on any atom is -0.396 e. The average Bonchev–Trinajstić information content (AvgIpc) is 2.66. The third kappa shape index (κ3) is 2.73. The first-order chi connectivity index (χ1) is 7.60. The average molecular weight is 226 g/mol. The number of anilines is 1. The third-order valence-corrected chi connectivity index (χ3v) is 2.37. The number of carbonyl (C=O) groups is 1.